The van der Waals surface area contributed by atoms with Crippen LogP contribution in [0.2, 0.25) is 0 Å². The summed E-state index contributed by atoms with van der Waals surface area (Å²) in [5.41, 5.74) is 5.64. The number of amides is 1. The predicted molar refractivity (Wildman–Crippen MR) is 120 cm³/mol. The van der Waals surface area contributed by atoms with E-state index in [1.165, 1.54) is 0 Å². The van der Waals surface area contributed by atoms with Gasteiger partial charge in [-0.05, 0) is 77.0 Å². The third-order valence-corrected chi connectivity index (χ3v) is 6.33. The maximum absolute atomic E-state index is 13.3. The molecule has 0 unspecified atom stereocenters. The summed E-state index contributed by atoms with van der Waals surface area (Å²) >= 11 is 0. The second kappa shape index (κ2) is 7.32. The summed E-state index contributed by atoms with van der Waals surface area (Å²) in [5.74, 6) is 0.684. The number of hydrogen-bond donors (Lipinski definition) is 2. The Morgan fingerprint density at radius 3 is 2.55 bits per heavy atom. The molecule has 7 nitrogen and oxygen atoms in total. The molecular weight excluding hydrogens is 390 g/mol. The van der Waals surface area contributed by atoms with Crippen LogP contribution in [-0.2, 0) is 6.54 Å². The lowest BCUT2D eigenvalue weighted by Gasteiger charge is -2.12. The van der Waals surface area contributed by atoms with Crippen LogP contribution in [0.3, 0.4) is 0 Å². The van der Waals surface area contributed by atoms with Crippen molar-refractivity contribution in [2.24, 2.45) is 0 Å². The topological polar surface area (TPSA) is 92.7 Å². The minimum Gasteiger partial charge on any atom is -0.348 e. The van der Waals surface area contributed by atoms with Gasteiger partial charge in [-0.1, -0.05) is 0 Å². The van der Waals surface area contributed by atoms with Crippen molar-refractivity contribution in [3.8, 4) is 0 Å². The monoisotopic (exact) mass is 419 g/mol. The number of carbonyl (C=O) groups excluding carboxylic acids is 1. The standard InChI is InChI=1S/C24H29N5O2/c1-12(2)29-22-21(14(4)28-29)18(10-20(27-22)16-7-8-16)23(30)25-11-19-17(15-5-6-15)9-13(3)26-24(19)31/h9-10,12,15-16H,5-8,11H2,1-4H3,(H,25,30)(H,26,31). The number of nitrogens with zero attached hydrogens (tertiary/aromatic N) is 3. The smallest absolute Gasteiger partial charge is 0.253 e. The number of rotatable bonds is 6. The van der Waals surface area contributed by atoms with E-state index < -0.39 is 0 Å². The lowest BCUT2D eigenvalue weighted by atomic mass is 10.0. The first-order valence-corrected chi connectivity index (χ1v) is 11.2. The van der Waals surface area contributed by atoms with Crippen LogP contribution in [0.5, 0.6) is 0 Å². The van der Waals surface area contributed by atoms with Crippen LogP contribution in [0.4, 0.5) is 0 Å². The summed E-state index contributed by atoms with van der Waals surface area (Å²) in [6.45, 7) is 8.19. The first kappa shape index (κ1) is 20.0. The number of pyridine rings is 2. The van der Waals surface area contributed by atoms with Gasteiger partial charge in [-0.3, -0.25) is 9.59 Å². The fraction of sp³-hybridized carbons (Fsp3) is 0.500. The number of aromatic nitrogens is 4. The zero-order valence-corrected chi connectivity index (χ0v) is 18.6. The largest absolute Gasteiger partial charge is 0.348 e. The van der Waals surface area contributed by atoms with Crippen molar-refractivity contribution in [2.45, 2.75) is 77.8 Å². The first-order valence-electron chi connectivity index (χ1n) is 11.2. The number of hydrogen-bond acceptors (Lipinski definition) is 4. The Balaban J connectivity index is 1.51. The zero-order valence-electron chi connectivity index (χ0n) is 18.6. The van der Waals surface area contributed by atoms with Crippen LogP contribution in [0, 0.1) is 13.8 Å². The fourth-order valence-corrected chi connectivity index (χ4v) is 4.41. The molecule has 0 saturated heterocycles. The number of aryl methyl sites for hydroxylation is 2. The highest BCUT2D eigenvalue weighted by atomic mass is 16.1. The molecule has 3 aromatic heterocycles. The summed E-state index contributed by atoms with van der Waals surface area (Å²) in [7, 11) is 0. The molecule has 0 radical (unpaired) electrons. The van der Waals surface area contributed by atoms with E-state index in [9.17, 15) is 9.59 Å². The van der Waals surface area contributed by atoms with Crippen molar-refractivity contribution < 1.29 is 4.79 Å². The van der Waals surface area contributed by atoms with Gasteiger partial charge < -0.3 is 10.3 Å². The second-order valence-electron chi connectivity index (χ2n) is 9.36. The second-order valence-corrected chi connectivity index (χ2v) is 9.36. The van der Waals surface area contributed by atoms with Crippen molar-refractivity contribution in [2.75, 3.05) is 0 Å². The molecule has 0 spiro atoms. The molecule has 2 aliphatic rings. The van der Waals surface area contributed by atoms with Gasteiger partial charge in [0.1, 0.15) is 0 Å². The van der Waals surface area contributed by atoms with E-state index in [0.29, 0.717) is 23.0 Å². The van der Waals surface area contributed by atoms with Crippen LogP contribution >= 0.6 is 0 Å². The van der Waals surface area contributed by atoms with E-state index in [4.69, 9.17) is 4.98 Å². The predicted octanol–water partition coefficient (Wildman–Crippen LogP) is 4.00. The van der Waals surface area contributed by atoms with Crippen LogP contribution in [-0.4, -0.2) is 25.7 Å². The Bertz CT molecular complexity index is 1250. The molecule has 5 rings (SSSR count). The third-order valence-electron chi connectivity index (χ3n) is 6.33. The van der Waals surface area contributed by atoms with Gasteiger partial charge in [0.15, 0.2) is 5.65 Å². The average Bonchev–Trinajstić information content (AvgIpc) is 3.63. The molecule has 0 aliphatic heterocycles. The molecule has 0 bridgehead atoms. The van der Waals surface area contributed by atoms with E-state index >= 15 is 0 Å². The van der Waals surface area contributed by atoms with Crippen molar-refractivity contribution >= 4 is 16.9 Å². The van der Waals surface area contributed by atoms with Crippen LogP contribution in [0.25, 0.3) is 11.0 Å². The molecule has 2 aliphatic carbocycles. The molecule has 1 amide bonds. The summed E-state index contributed by atoms with van der Waals surface area (Å²) in [6, 6.07) is 4.13. The van der Waals surface area contributed by atoms with Crippen molar-refractivity contribution in [3.05, 3.63) is 56.3 Å². The number of nitrogens with one attached hydrogen (secondary N) is 2. The van der Waals surface area contributed by atoms with Gasteiger partial charge in [0.2, 0.25) is 0 Å². The number of fused-ring (bicyclic) bond motifs is 1. The maximum atomic E-state index is 13.3. The summed E-state index contributed by atoms with van der Waals surface area (Å²) in [5, 5.41) is 8.48. The van der Waals surface area contributed by atoms with Crippen LogP contribution in [0.1, 0.15) is 96.0 Å². The highest BCUT2D eigenvalue weighted by Gasteiger charge is 2.30. The normalized spacial score (nSPS) is 16.3. The van der Waals surface area contributed by atoms with Crippen molar-refractivity contribution in [3.63, 3.8) is 0 Å². The Morgan fingerprint density at radius 2 is 1.90 bits per heavy atom. The average molecular weight is 420 g/mol. The van der Waals surface area contributed by atoms with Gasteiger partial charge in [-0.2, -0.15) is 5.10 Å². The molecule has 7 heteroatoms. The van der Waals surface area contributed by atoms with Crippen molar-refractivity contribution in [1.29, 1.82) is 0 Å². The molecular formula is C24H29N5O2. The molecule has 0 aromatic carbocycles. The van der Waals surface area contributed by atoms with E-state index in [1.807, 2.05) is 30.7 Å². The molecule has 3 heterocycles. The molecule has 3 aromatic rings. The molecule has 162 valence electrons. The van der Waals surface area contributed by atoms with E-state index in [0.717, 1.165) is 59.4 Å². The molecule has 0 atom stereocenters. The Kier molecular flexibility index (Phi) is 4.72. The molecule has 31 heavy (non-hydrogen) atoms. The summed E-state index contributed by atoms with van der Waals surface area (Å²) in [4.78, 5) is 33.7. The zero-order chi connectivity index (χ0) is 21.9. The van der Waals surface area contributed by atoms with Gasteiger partial charge in [0, 0.05) is 35.5 Å². The van der Waals surface area contributed by atoms with Crippen molar-refractivity contribution in [1.82, 2.24) is 25.1 Å². The highest BCUT2D eigenvalue weighted by molar-refractivity contribution is 6.06. The maximum Gasteiger partial charge on any atom is 0.253 e. The minimum absolute atomic E-state index is 0.107. The first-order chi connectivity index (χ1) is 14.8. The molecule has 2 fully saturated rings. The Hall–Kier alpha value is -2.96. The summed E-state index contributed by atoms with van der Waals surface area (Å²) in [6.07, 6.45) is 4.43. The van der Waals surface area contributed by atoms with E-state index in [-0.39, 0.29) is 24.1 Å². The Labute approximate surface area is 181 Å². The molecule has 2 N–H and O–H groups in total. The Morgan fingerprint density at radius 1 is 1.19 bits per heavy atom. The van der Waals surface area contributed by atoms with Gasteiger partial charge in [-0.15, -0.1) is 0 Å². The number of carbonyl (C=O) groups is 1. The third kappa shape index (κ3) is 3.66. The quantitative estimate of drug-likeness (QED) is 0.632. The van der Waals surface area contributed by atoms with Crippen LogP contribution < -0.4 is 10.9 Å². The lowest BCUT2D eigenvalue weighted by Crippen LogP contribution is -2.28. The van der Waals surface area contributed by atoms with E-state index in [1.54, 1.807) is 0 Å². The van der Waals surface area contributed by atoms with Crippen LogP contribution in [0.15, 0.2) is 16.9 Å². The molecule has 2 saturated carbocycles. The highest BCUT2D eigenvalue weighted by Crippen LogP contribution is 2.42. The van der Waals surface area contributed by atoms with Gasteiger partial charge in [0.25, 0.3) is 11.5 Å². The van der Waals surface area contributed by atoms with Gasteiger partial charge in [-0.25, -0.2) is 9.67 Å². The number of aromatic amines is 1. The van der Waals surface area contributed by atoms with E-state index in [2.05, 4.69) is 29.2 Å². The van der Waals surface area contributed by atoms with Gasteiger partial charge >= 0.3 is 0 Å². The minimum atomic E-state index is -0.178. The summed E-state index contributed by atoms with van der Waals surface area (Å²) < 4.78 is 1.91. The fourth-order valence-electron chi connectivity index (χ4n) is 4.41. The lowest BCUT2D eigenvalue weighted by molar-refractivity contribution is 0.0952. The SMILES string of the molecule is Cc1cc(C2CC2)c(CNC(=O)c2cc(C3CC3)nc3c2c(C)nn3C(C)C)c(=O)[nH]1. The number of H-pyrrole nitrogens is 1. The van der Waals surface area contributed by atoms with Gasteiger partial charge in [0.05, 0.1) is 16.6 Å².